The second-order valence-corrected chi connectivity index (χ2v) is 4.13. The molecule has 0 bridgehead atoms. The molecule has 1 aliphatic heterocycles. The Morgan fingerprint density at radius 1 is 1.20 bits per heavy atom. The first-order valence-electron chi connectivity index (χ1n) is 5.12. The maximum Gasteiger partial charge on any atom is 0.111 e. The van der Waals surface area contributed by atoms with E-state index in [2.05, 4.69) is 4.90 Å². The van der Waals surface area contributed by atoms with E-state index in [4.69, 9.17) is 11.6 Å². The van der Waals surface area contributed by atoms with Crippen LogP contribution in [0.4, 0.5) is 4.39 Å². The van der Waals surface area contributed by atoms with Gasteiger partial charge in [0.05, 0.1) is 5.70 Å². The van der Waals surface area contributed by atoms with Crippen LogP contribution in [-0.4, -0.2) is 18.0 Å². The molecule has 1 aromatic carbocycles. The number of rotatable bonds is 2. The molecular weight excluding hydrogens is 213 g/mol. The number of nitrogens with zero attached hydrogens (tertiary/aromatic N) is 1. The van der Waals surface area contributed by atoms with Crippen LogP contribution >= 0.6 is 11.6 Å². The standard InChI is InChI=1S/C12H13ClFN/c13-11-5-3-10(4-6-11)12(9-14)15-7-1-2-8-15/h3-6,9H,1-2,7-8H2/b12-9-. The average Bonchev–Trinajstić information content (AvgIpc) is 2.75. The smallest absolute Gasteiger partial charge is 0.111 e. The van der Waals surface area contributed by atoms with E-state index in [1.807, 2.05) is 12.1 Å². The highest BCUT2D eigenvalue weighted by molar-refractivity contribution is 6.30. The van der Waals surface area contributed by atoms with E-state index in [9.17, 15) is 4.39 Å². The summed E-state index contributed by atoms with van der Waals surface area (Å²) in [6.45, 7) is 1.89. The first kappa shape index (κ1) is 10.5. The molecule has 80 valence electrons. The Labute approximate surface area is 94.2 Å². The van der Waals surface area contributed by atoms with Crippen molar-refractivity contribution < 1.29 is 4.39 Å². The van der Waals surface area contributed by atoms with Crippen molar-refractivity contribution in [1.29, 1.82) is 0 Å². The van der Waals surface area contributed by atoms with Gasteiger partial charge in [-0.2, -0.15) is 0 Å². The van der Waals surface area contributed by atoms with E-state index >= 15 is 0 Å². The van der Waals surface area contributed by atoms with E-state index < -0.39 is 0 Å². The summed E-state index contributed by atoms with van der Waals surface area (Å²) in [5.41, 5.74) is 1.56. The maximum atomic E-state index is 12.9. The molecule has 3 heteroatoms. The van der Waals surface area contributed by atoms with E-state index in [0.717, 1.165) is 31.5 Å². The Balaban J connectivity index is 2.23. The zero-order valence-electron chi connectivity index (χ0n) is 8.42. The minimum Gasteiger partial charge on any atom is -0.369 e. The van der Waals surface area contributed by atoms with Gasteiger partial charge in [0.1, 0.15) is 6.33 Å². The Morgan fingerprint density at radius 3 is 2.33 bits per heavy atom. The van der Waals surface area contributed by atoms with Crippen LogP contribution < -0.4 is 0 Å². The van der Waals surface area contributed by atoms with Crippen molar-refractivity contribution in [3.8, 4) is 0 Å². The summed E-state index contributed by atoms with van der Waals surface area (Å²) >= 11 is 5.79. The first-order chi connectivity index (χ1) is 7.31. The van der Waals surface area contributed by atoms with Crippen LogP contribution in [0.2, 0.25) is 5.02 Å². The van der Waals surface area contributed by atoms with Gasteiger partial charge in [-0.3, -0.25) is 0 Å². The second kappa shape index (κ2) is 4.67. The van der Waals surface area contributed by atoms with Crippen LogP contribution in [0.1, 0.15) is 18.4 Å². The fourth-order valence-electron chi connectivity index (χ4n) is 1.89. The van der Waals surface area contributed by atoms with Crippen molar-refractivity contribution in [3.05, 3.63) is 41.2 Å². The van der Waals surface area contributed by atoms with Crippen LogP contribution in [0.5, 0.6) is 0 Å². The highest BCUT2D eigenvalue weighted by Gasteiger charge is 2.16. The molecule has 1 nitrogen and oxygen atoms in total. The van der Waals surface area contributed by atoms with E-state index in [0.29, 0.717) is 17.0 Å². The molecule has 1 aliphatic rings. The molecule has 0 atom stereocenters. The van der Waals surface area contributed by atoms with Gasteiger partial charge in [0.25, 0.3) is 0 Å². The first-order valence-corrected chi connectivity index (χ1v) is 5.50. The lowest BCUT2D eigenvalue weighted by Crippen LogP contribution is -2.17. The summed E-state index contributed by atoms with van der Waals surface area (Å²) in [6.07, 6.45) is 2.98. The molecule has 0 N–H and O–H groups in total. The van der Waals surface area contributed by atoms with Crippen LogP contribution in [0.25, 0.3) is 5.70 Å². The lowest BCUT2D eigenvalue weighted by Gasteiger charge is -2.20. The van der Waals surface area contributed by atoms with E-state index in [1.165, 1.54) is 0 Å². The molecule has 1 aromatic rings. The highest BCUT2D eigenvalue weighted by atomic mass is 35.5. The summed E-state index contributed by atoms with van der Waals surface area (Å²) in [5, 5.41) is 0.679. The molecule has 0 saturated carbocycles. The third-order valence-corrected chi connectivity index (χ3v) is 2.94. The van der Waals surface area contributed by atoms with E-state index in [-0.39, 0.29) is 0 Å². The molecule has 1 fully saturated rings. The van der Waals surface area contributed by atoms with Crippen LogP contribution in [0, 0.1) is 0 Å². The van der Waals surface area contributed by atoms with Crippen LogP contribution in [0.3, 0.4) is 0 Å². The lowest BCUT2D eigenvalue weighted by molar-refractivity contribution is 0.483. The predicted octanol–water partition coefficient (Wildman–Crippen LogP) is 3.70. The number of halogens is 2. The average molecular weight is 226 g/mol. The monoisotopic (exact) mass is 225 g/mol. The zero-order chi connectivity index (χ0) is 10.7. The van der Waals surface area contributed by atoms with Gasteiger partial charge in [-0.15, -0.1) is 0 Å². The minimum atomic E-state index is 0.671. The molecule has 0 spiro atoms. The summed E-state index contributed by atoms with van der Waals surface area (Å²) in [6, 6.07) is 7.28. The summed E-state index contributed by atoms with van der Waals surface area (Å²) < 4.78 is 12.9. The fraction of sp³-hybridized carbons (Fsp3) is 0.333. The third-order valence-electron chi connectivity index (χ3n) is 2.69. The molecule has 0 radical (unpaired) electrons. The van der Waals surface area contributed by atoms with Crippen molar-refractivity contribution >= 4 is 17.3 Å². The minimum absolute atomic E-state index is 0.671. The van der Waals surface area contributed by atoms with Gasteiger partial charge in [-0.25, -0.2) is 4.39 Å². The topological polar surface area (TPSA) is 3.24 Å². The Kier molecular flexibility index (Phi) is 3.27. The molecule has 2 rings (SSSR count). The SMILES string of the molecule is F/C=C(/c1ccc(Cl)cc1)N1CCCC1. The van der Waals surface area contributed by atoms with Gasteiger partial charge < -0.3 is 4.90 Å². The normalized spacial score (nSPS) is 17.2. The van der Waals surface area contributed by atoms with Crippen molar-refractivity contribution in [1.82, 2.24) is 4.90 Å². The Morgan fingerprint density at radius 2 is 1.80 bits per heavy atom. The quantitative estimate of drug-likeness (QED) is 0.742. The summed E-state index contributed by atoms with van der Waals surface area (Å²) in [7, 11) is 0. The molecular formula is C12H13ClFN. The molecule has 15 heavy (non-hydrogen) atoms. The Hall–Kier alpha value is -1.02. The van der Waals surface area contributed by atoms with Crippen LogP contribution in [0.15, 0.2) is 30.6 Å². The van der Waals surface area contributed by atoms with Crippen molar-refractivity contribution in [2.24, 2.45) is 0 Å². The second-order valence-electron chi connectivity index (χ2n) is 3.70. The highest BCUT2D eigenvalue weighted by Crippen LogP contribution is 2.25. The lowest BCUT2D eigenvalue weighted by atomic mass is 10.1. The molecule has 0 unspecified atom stereocenters. The Bertz CT molecular complexity index is 352. The van der Waals surface area contributed by atoms with Crippen LogP contribution in [-0.2, 0) is 0 Å². The molecule has 0 amide bonds. The van der Waals surface area contributed by atoms with Gasteiger partial charge in [0.15, 0.2) is 0 Å². The van der Waals surface area contributed by atoms with Gasteiger partial charge in [0.2, 0.25) is 0 Å². The third kappa shape index (κ3) is 2.32. The van der Waals surface area contributed by atoms with Gasteiger partial charge >= 0.3 is 0 Å². The number of hydrogen-bond acceptors (Lipinski definition) is 1. The predicted molar refractivity (Wildman–Crippen MR) is 61.3 cm³/mol. The van der Waals surface area contributed by atoms with Crippen molar-refractivity contribution in [2.75, 3.05) is 13.1 Å². The summed E-state index contributed by atoms with van der Waals surface area (Å²) in [4.78, 5) is 2.07. The number of likely N-dealkylation sites (tertiary alicyclic amines) is 1. The fourth-order valence-corrected chi connectivity index (χ4v) is 2.02. The maximum absolute atomic E-state index is 12.9. The zero-order valence-corrected chi connectivity index (χ0v) is 9.17. The molecule has 0 aromatic heterocycles. The number of benzene rings is 1. The molecule has 1 heterocycles. The number of hydrogen-bond donors (Lipinski definition) is 0. The van der Waals surface area contributed by atoms with Crippen molar-refractivity contribution in [3.63, 3.8) is 0 Å². The largest absolute Gasteiger partial charge is 0.369 e. The van der Waals surface area contributed by atoms with Gasteiger partial charge in [-0.05, 0) is 25.0 Å². The molecule has 1 saturated heterocycles. The van der Waals surface area contributed by atoms with Gasteiger partial charge in [-0.1, -0.05) is 23.7 Å². The van der Waals surface area contributed by atoms with Crippen molar-refractivity contribution in [2.45, 2.75) is 12.8 Å². The summed E-state index contributed by atoms with van der Waals surface area (Å²) in [5.74, 6) is 0. The van der Waals surface area contributed by atoms with Gasteiger partial charge in [0, 0.05) is 23.7 Å². The van der Waals surface area contributed by atoms with E-state index in [1.54, 1.807) is 12.1 Å². The molecule has 0 aliphatic carbocycles.